The van der Waals surface area contributed by atoms with Crippen molar-refractivity contribution in [3.63, 3.8) is 0 Å². The number of hydrogen-bond donors (Lipinski definition) is 3. The van der Waals surface area contributed by atoms with Crippen LogP contribution in [0.5, 0.6) is 0 Å². The highest BCUT2D eigenvalue weighted by molar-refractivity contribution is 5.99. The van der Waals surface area contributed by atoms with Gasteiger partial charge in [-0.25, -0.2) is 18.6 Å². The number of hydrogen-bond acceptors (Lipinski definition) is 7. The molecule has 12 heteroatoms. The van der Waals surface area contributed by atoms with E-state index < -0.39 is 23.4 Å². The summed E-state index contributed by atoms with van der Waals surface area (Å²) in [7, 11) is 0. The molecule has 1 aliphatic heterocycles. The van der Waals surface area contributed by atoms with Crippen LogP contribution in [0.25, 0.3) is 11.3 Å². The van der Waals surface area contributed by atoms with Crippen molar-refractivity contribution in [2.45, 2.75) is 58.1 Å². The molecule has 1 fully saturated rings. The molecule has 3 N–H and O–H groups in total. The van der Waals surface area contributed by atoms with E-state index in [1.165, 1.54) is 12.1 Å². The molecule has 0 spiro atoms. The van der Waals surface area contributed by atoms with Crippen LogP contribution in [0.3, 0.4) is 0 Å². The lowest BCUT2D eigenvalue weighted by molar-refractivity contribution is -0.128. The van der Waals surface area contributed by atoms with E-state index >= 15 is 4.39 Å². The highest BCUT2D eigenvalue weighted by Gasteiger charge is 2.31. The molecule has 2 aromatic carbocycles. The van der Waals surface area contributed by atoms with Crippen LogP contribution in [0, 0.1) is 23.0 Å². The summed E-state index contributed by atoms with van der Waals surface area (Å²) in [6.45, 7) is 6.41. The lowest BCUT2D eigenvalue weighted by Crippen LogP contribution is -2.43. The number of carbonyl (C=O) groups excluding carboxylic acids is 3. The number of nitrogens with one attached hydrogen (secondary N) is 3. The van der Waals surface area contributed by atoms with E-state index in [0.29, 0.717) is 38.8 Å². The van der Waals surface area contributed by atoms with Crippen molar-refractivity contribution in [1.82, 2.24) is 20.5 Å². The summed E-state index contributed by atoms with van der Waals surface area (Å²) in [6, 6.07) is 15.4. The fourth-order valence-corrected chi connectivity index (χ4v) is 5.16. The van der Waals surface area contributed by atoms with Crippen molar-refractivity contribution in [1.29, 1.82) is 5.26 Å². The Bertz CT molecular complexity index is 1620. The first-order valence-electron chi connectivity index (χ1n) is 15.2. The SMILES string of the molecule is CC(C)(C)OC(=O)NCCCN1C(=O)CC[C@@H]1CNC(=O)c1cc(F)c(-c2ccccc2C#N)nc1NCCc1cccc(F)c1. The molecule has 1 aromatic heterocycles. The van der Waals surface area contributed by atoms with Gasteiger partial charge < -0.3 is 25.6 Å². The fourth-order valence-electron chi connectivity index (χ4n) is 5.16. The van der Waals surface area contributed by atoms with E-state index in [2.05, 4.69) is 20.9 Å². The third kappa shape index (κ3) is 9.23. The first kappa shape index (κ1) is 33.8. The number of alkyl carbamates (subject to hydrolysis) is 1. The lowest BCUT2D eigenvalue weighted by Gasteiger charge is -2.25. The molecule has 4 rings (SSSR count). The Morgan fingerprint density at radius 3 is 2.61 bits per heavy atom. The van der Waals surface area contributed by atoms with Crippen LogP contribution in [0.15, 0.2) is 54.6 Å². The van der Waals surface area contributed by atoms with Gasteiger partial charge in [0.2, 0.25) is 5.91 Å². The zero-order valence-corrected chi connectivity index (χ0v) is 26.2. The molecule has 0 bridgehead atoms. The van der Waals surface area contributed by atoms with Gasteiger partial charge in [0.05, 0.1) is 17.2 Å². The number of nitriles is 1. The van der Waals surface area contributed by atoms with Gasteiger partial charge in [-0.15, -0.1) is 0 Å². The lowest BCUT2D eigenvalue weighted by atomic mass is 10.0. The van der Waals surface area contributed by atoms with Crippen molar-refractivity contribution < 1.29 is 27.9 Å². The number of likely N-dealkylation sites (tertiary alicyclic amines) is 1. The Balaban J connectivity index is 1.45. The molecular weight excluding hydrogens is 594 g/mol. The van der Waals surface area contributed by atoms with Crippen LogP contribution in [-0.2, 0) is 16.0 Å². The second-order valence-corrected chi connectivity index (χ2v) is 12.0. The highest BCUT2D eigenvalue weighted by Crippen LogP contribution is 2.28. The van der Waals surface area contributed by atoms with E-state index in [1.54, 1.807) is 62.1 Å². The van der Waals surface area contributed by atoms with Crippen molar-refractivity contribution >= 4 is 23.7 Å². The molecule has 1 saturated heterocycles. The summed E-state index contributed by atoms with van der Waals surface area (Å²) in [6.07, 6.45) is 1.23. The average molecular weight is 633 g/mol. The average Bonchev–Trinajstić information content (AvgIpc) is 3.36. The van der Waals surface area contributed by atoms with Gasteiger partial charge in [0.25, 0.3) is 5.91 Å². The van der Waals surface area contributed by atoms with Gasteiger partial charge in [0.1, 0.15) is 28.7 Å². The summed E-state index contributed by atoms with van der Waals surface area (Å²) in [4.78, 5) is 44.0. The van der Waals surface area contributed by atoms with Crippen LogP contribution >= 0.6 is 0 Å². The number of pyridine rings is 1. The van der Waals surface area contributed by atoms with Crippen molar-refractivity contribution in [3.8, 4) is 17.3 Å². The Morgan fingerprint density at radius 1 is 1.09 bits per heavy atom. The largest absolute Gasteiger partial charge is 0.444 e. The predicted octanol–water partition coefficient (Wildman–Crippen LogP) is 5.19. The first-order valence-corrected chi connectivity index (χ1v) is 15.2. The van der Waals surface area contributed by atoms with Gasteiger partial charge in [0, 0.05) is 44.2 Å². The van der Waals surface area contributed by atoms with Gasteiger partial charge in [-0.3, -0.25) is 9.59 Å². The molecule has 242 valence electrons. The van der Waals surface area contributed by atoms with E-state index in [0.717, 1.165) is 11.6 Å². The summed E-state index contributed by atoms with van der Waals surface area (Å²) >= 11 is 0. The predicted molar refractivity (Wildman–Crippen MR) is 169 cm³/mol. The number of rotatable bonds is 12. The molecule has 3 aromatic rings. The number of nitrogens with zero attached hydrogens (tertiary/aromatic N) is 3. The van der Waals surface area contributed by atoms with Crippen molar-refractivity contribution in [3.05, 3.63) is 82.9 Å². The van der Waals surface area contributed by atoms with Gasteiger partial charge in [-0.2, -0.15) is 5.26 Å². The third-order valence-electron chi connectivity index (χ3n) is 7.31. The van der Waals surface area contributed by atoms with Gasteiger partial charge in [-0.1, -0.05) is 30.3 Å². The Labute approximate surface area is 267 Å². The minimum atomic E-state index is -0.779. The van der Waals surface area contributed by atoms with E-state index in [9.17, 15) is 24.0 Å². The van der Waals surface area contributed by atoms with Crippen LogP contribution in [0.4, 0.5) is 19.4 Å². The number of ether oxygens (including phenoxy) is 1. The molecule has 3 amide bonds. The van der Waals surface area contributed by atoms with E-state index in [-0.39, 0.29) is 59.1 Å². The second-order valence-electron chi connectivity index (χ2n) is 12.0. The number of amides is 3. The zero-order chi connectivity index (χ0) is 33.3. The quantitative estimate of drug-likeness (QED) is 0.234. The summed E-state index contributed by atoms with van der Waals surface area (Å²) in [5.74, 6) is -1.69. The number of carbonyl (C=O) groups is 3. The normalized spacial score (nSPS) is 14.5. The van der Waals surface area contributed by atoms with Crippen LogP contribution in [-0.4, -0.2) is 65.6 Å². The maximum Gasteiger partial charge on any atom is 0.407 e. The molecule has 1 atom stereocenters. The summed E-state index contributed by atoms with van der Waals surface area (Å²) in [5, 5.41) is 18.1. The summed E-state index contributed by atoms with van der Waals surface area (Å²) in [5.41, 5.74) is 0.479. The van der Waals surface area contributed by atoms with Gasteiger partial charge >= 0.3 is 6.09 Å². The minimum Gasteiger partial charge on any atom is -0.444 e. The fraction of sp³-hybridized carbons (Fsp3) is 0.382. The van der Waals surface area contributed by atoms with Gasteiger partial charge in [0.15, 0.2) is 0 Å². The minimum absolute atomic E-state index is 0.0487. The molecule has 0 aliphatic carbocycles. The molecule has 2 heterocycles. The van der Waals surface area contributed by atoms with Crippen molar-refractivity contribution in [2.75, 3.05) is 31.5 Å². The Morgan fingerprint density at radius 2 is 1.87 bits per heavy atom. The smallest absolute Gasteiger partial charge is 0.407 e. The second kappa shape index (κ2) is 15.3. The highest BCUT2D eigenvalue weighted by atomic mass is 19.1. The number of aromatic nitrogens is 1. The van der Waals surface area contributed by atoms with Crippen LogP contribution in [0.2, 0.25) is 0 Å². The Hall–Kier alpha value is -5.05. The molecule has 0 unspecified atom stereocenters. The number of benzene rings is 2. The van der Waals surface area contributed by atoms with E-state index in [4.69, 9.17) is 4.74 Å². The third-order valence-corrected chi connectivity index (χ3v) is 7.31. The number of anilines is 1. The molecule has 10 nitrogen and oxygen atoms in total. The standard InChI is InChI=1S/C34H38F2N6O4/c1-34(2,3)46-33(45)39-15-7-17-42-25(12-13-29(42)43)21-40-32(44)27-19-28(36)30(26-11-5-4-9-23(26)20-37)41-31(27)38-16-14-22-8-6-10-24(35)18-22/h4-6,8-11,18-19,25H,7,12-17,21H2,1-3H3,(H,38,41)(H,39,45)(H,40,44)/t25-/m1/s1. The number of halogens is 2. The molecular formula is C34H38F2N6O4. The molecule has 0 saturated carbocycles. The summed E-state index contributed by atoms with van der Waals surface area (Å²) < 4.78 is 34.4. The van der Waals surface area contributed by atoms with E-state index in [1.807, 2.05) is 6.07 Å². The van der Waals surface area contributed by atoms with Crippen LogP contribution < -0.4 is 16.0 Å². The topological polar surface area (TPSA) is 136 Å². The molecule has 1 aliphatic rings. The first-order chi connectivity index (χ1) is 21.9. The molecule has 46 heavy (non-hydrogen) atoms. The maximum absolute atomic E-state index is 15.5. The maximum atomic E-state index is 15.5. The molecule has 0 radical (unpaired) electrons. The zero-order valence-electron chi connectivity index (χ0n) is 26.2. The monoisotopic (exact) mass is 632 g/mol. The van der Waals surface area contributed by atoms with Crippen LogP contribution in [0.1, 0.15) is 61.5 Å². The Kier molecular flexibility index (Phi) is 11.2. The van der Waals surface area contributed by atoms with Gasteiger partial charge in [-0.05, 0) is 69.9 Å². The van der Waals surface area contributed by atoms with Crippen molar-refractivity contribution in [2.24, 2.45) is 0 Å².